The van der Waals surface area contributed by atoms with Crippen molar-refractivity contribution in [1.29, 1.82) is 0 Å². The molecule has 2 aliphatic heterocycles. The van der Waals surface area contributed by atoms with E-state index in [-0.39, 0.29) is 42.6 Å². The zero-order valence-electron chi connectivity index (χ0n) is 25.6. The molecule has 8 nitrogen and oxygen atoms in total. The Balaban J connectivity index is 1.42. The first-order chi connectivity index (χ1) is 21.1. The van der Waals surface area contributed by atoms with E-state index in [1.165, 1.54) is 16.0 Å². The van der Waals surface area contributed by atoms with Crippen molar-refractivity contribution in [3.05, 3.63) is 71.1 Å². The van der Waals surface area contributed by atoms with E-state index in [9.17, 15) is 9.18 Å². The monoisotopic (exact) mass is 600 g/mol. The topological polar surface area (TPSA) is 66.2 Å². The third-order valence-corrected chi connectivity index (χ3v) is 9.31. The van der Waals surface area contributed by atoms with Crippen LogP contribution in [0.2, 0.25) is 0 Å². The molecule has 6 rings (SSSR count). The maximum absolute atomic E-state index is 16.7. The van der Waals surface area contributed by atoms with Gasteiger partial charge in [0.1, 0.15) is 24.0 Å². The van der Waals surface area contributed by atoms with Crippen molar-refractivity contribution in [2.24, 2.45) is 5.41 Å². The number of carbonyl (C=O) groups excluding carboxylic acids is 1. The van der Waals surface area contributed by atoms with Gasteiger partial charge in [-0.25, -0.2) is 15.4 Å². The van der Waals surface area contributed by atoms with E-state index in [4.69, 9.17) is 16.3 Å². The van der Waals surface area contributed by atoms with Gasteiger partial charge in [0.15, 0.2) is 11.6 Å². The van der Waals surface area contributed by atoms with Gasteiger partial charge in [0.05, 0.1) is 0 Å². The molecule has 1 aromatic heterocycles. The summed E-state index contributed by atoms with van der Waals surface area (Å²) in [6, 6.07) is 9.45. The summed E-state index contributed by atoms with van der Waals surface area (Å²) in [6.07, 6.45) is 3.90. The number of likely N-dealkylation sites (N-methyl/N-ethyl adjacent to an activating group) is 1. The van der Waals surface area contributed by atoms with Gasteiger partial charge < -0.3 is 24.3 Å². The van der Waals surface area contributed by atoms with Crippen molar-refractivity contribution in [3.8, 4) is 17.1 Å². The fourth-order valence-electron chi connectivity index (χ4n) is 7.05. The van der Waals surface area contributed by atoms with Crippen molar-refractivity contribution >= 4 is 22.6 Å². The van der Waals surface area contributed by atoms with Crippen LogP contribution in [0.5, 0.6) is 6.01 Å². The zero-order chi connectivity index (χ0) is 31.2. The standard InChI is InChI=1S/C34H38F2N6O2/c1-21(35)32(43)42-15-14-41(19-24(42)18-37-4)31-27-12-11-26(25-10-6-8-22-16-34(2,3)17-28(22)25)29(36)30(27)38-33(39-31)44-20-23-9-7-13-40(23)5/h6,8,10-12,23-24H,1,7,9,13-20H2,2-3,5H3/t23-,24-/m0/s1. The summed E-state index contributed by atoms with van der Waals surface area (Å²) in [7, 11) is 2.06. The number of aromatic nitrogens is 2. The lowest BCUT2D eigenvalue weighted by molar-refractivity contribution is -0.131. The molecular formula is C34H38F2N6O2. The first kappa shape index (κ1) is 29.9. The minimum absolute atomic E-state index is 0.0100. The second kappa shape index (κ2) is 11.8. The number of rotatable bonds is 7. The van der Waals surface area contributed by atoms with Crippen LogP contribution in [0, 0.1) is 17.8 Å². The molecule has 0 saturated carbocycles. The van der Waals surface area contributed by atoms with Crippen LogP contribution in [-0.2, 0) is 17.6 Å². The van der Waals surface area contributed by atoms with E-state index in [1.807, 2.05) is 23.1 Å². The highest BCUT2D eigenvalue weighted by Crippen LogP contribution is 2.43. The molecule has 2 atom stereocenters. The number of carbonyl (C=O) groups is 1. The van der Waals surface area contributed by atoms with Gasteiger partial charge in [0.2, 0.25) is 6.54 Å². The number of nitrogens with zero attached hydrogens (tertiary/aromatic N) is 6. The third kappa shape index (κ3) is 5.61. The minimum Gasteiger partial charge on any atom is -0.462 e. The number of fused-ring (bicyclic) bond motifs is 2. The quantitative estimate of drug-likeness (QED) is 0.265. The largest absolute Gasteiger partial charge is 0.462 e. The van der Waals surface area contributed by atoms with E-state index in [0.717, 1.165) is 37.8 Å². The molecule has 3 aliphatic rings. The molecule has 3 aromatic rings. The summed E-state index contributed by atoms with van der Waals surface area (Å²) in [5, 5.41) is 0.515. The number of anilines is 1. The molecule has 1 amide bonds. The van der Waals surface area contributed by atoms with E-state index in [2.05, 4.69) is 48.3 Å². The Morgan fingerprint density at radius 2 is 1.95 bits per heavy atom. The van der Waals surface area contributed by atoms with E-state index < -0.39 is 23.6 Å². The molecule has 0 radical (unpaired) electrons. The molecule has 10 heteroatoms. The Kier molecular flexibility index (Phi) is 8.01. The predicted octanol–water partition coefficient (Wildman–Crippen LogP) is 5.45. The van der Waals surface area contributed by atoms with Crippen molar-refractivity contribution in [1.82, 2.24) is 19.8 Å². The van der Waals surface area contributed by atoms with E-state index >= 15 is 4.39 Å². The number of halogens is 2. The lowest BCUT2D eigenvalue weighted by Gasteiger charge is -2.39. The Morgan fingerprint density at radius 3 is 2.68 bits per heavy atom. The van der Waals surface area contributed by atoms with E-state index in [0.29, 0.717) is 29.9 Å². The molecule has 3 heterocycles. The summed E-state index contributed by atoms with van der Waals surface area (Å²) in [4.78, 5) is 30.9. The van der Waals surface area contributed by atoms with Gasteiger partial charge in [0.25, 0.3) is 5.91 Å². The average molecular weight is 601 g/mol. The van der Waals surface area contributed by atoms with Crippen LogP contribution in [0.3, 0.4) is 0 Å². The molecule has 0 bridgehead atoms. The second-order valence-electron chi connectivity index (χ2n) is 13.0. The van der Waals surface area contributed by atoms with Gasteiger partial charge in [-0.2, -0.15) is 9.97 Å². The maximum Gasteiger partial charge on any atom is 0.319 e. The van der Waals surface area contributed by atoms with Crippen molar-refractivity contribution in [2.45, 2.75) is 51.6 Å². The highest BCUT2D eigenvalue weighted by molar-refractivity contribution is 5.94. The molecule has 1 aliphatic carbocycles. The Bertz CT molecular complexity index is 1670. The average Bonchev–Trinajstić information content (AvgIpc) is 3.56. The van der Waals surface area contributed by atoms with Crippen molar-refractivity contribution in [3.63, 3.8) is 0 Å². The normalized spacial score (nSPS) is 21.4. The van der Waals surface area contributed by atoms with Gasteiger partial charge in [-0.15, -0.1) is 0 Å². The summed E-state index contributed by atoms with van der Waals surface area (Å²) >= 11 is 0. The van der Waals surface area contributed by atoms with Crippen LogP contribution >= 0.6 is 0 Å². The summed E-state index contributed by atoms with van der Waals surface area (Å²) in [6.45, 7) is 17.1. The number of ether oxygens (including phenoxy) is 1. The smallest absolute Gasteiger partial charge is 0.319 e. The lowest BCUT2D eigenvalue weighted by atomic mass is 9.89. The van der Waals surface area contributed by atoms with Crippen LogP contribution < -0.4 is 9.64 Å². The number of hydrogen-bond donors (Lipinski definition) is 0. The fraction of sp³-hybridized carbons (Fsp3) is 0.471. The Morgan fingerprint density at radius 1 is 1.14 bits per heavy atom. The highest BCUT2D eigenvalue weighted by Gasteiger charge is 2.36. The summed E-state index contributed by atoms with van der Waals surface area (Å²) in [5.74, 6) is -1.84. The molecule has 2 fully saturated rings. The van der Waals surface area contributed by atoms with Crippen LogP contribution in [-0.4, -0.2) is 84.1 Å². The van der Waals surface area contributed by atoms with Crippen LogP contribution in [0.4, 0.5) is 14.6 Å². The van der Waals surface area contributed by atoms with Gasteiger partial charge in [-0.3, -0.25) is 4.79 Å². The highest BCUT2D eigenvalue weighted by atomic mass is 19.1. The molecule has 2 aromatic carbocycles. The molecule has 0 unspecified atom stereocenters. The lowest BCUT2D eigenvalue weighted by Crippen LogP contribution is -2.56. The molecule has 0 spiro atoms. The molecule has 0 N–H and O–H groups in total. The minimum atomic E-state index is -1.06. The van der Waals surface area contributed by atoms with Gasteiger partial charge in [-0.05, 0) is 67.4 Å². The molecular weight excluding hydrogens is 562 g/mol. The predicted molar refractivity (Wildman–Crippen MR) is 167 cm³/mol. The first-order valence-electron chi connectivity index (χ1n) is 15.2. The molecule has 230 valence electrons. The number of piperazine rings is 1. The van der Waals surface area contributed by atoms with E-state index in [1.54, 1.807) is 6.07 Å². The number of likely N-dealkylation sites (tertiary alicyclic amines) is 1. The van der Waals surface area contributed by atoms with Gasteiger partial charge >= 0.3 is 6.01 Å². The third-order valence-electron chi connectivity index (χ3n) is 9.31. The van der Waals surface area contributed by atoms with Crippen LogP contribution in [0.1, 0.15) is 37.8 Å². The Labute approximate surface area is 257 Å². The summed E-state index contributed by atoms with van der Waals surface area (Å²) in [5.41, 5.74) is 4.04. The number of hydrogen-bond acceptors (Lipinski definition) is 6. The molecule has 2 saturated heterocycles. The van der Waals surface area contributed by atoms with Crippen molar-refractivity contribution < 1.29 is 18.3 Å². The summed E-state index contributed by atoms with van der Waals surface area (Å²) < 4.78 is 36.6. The second-order valence-corrected chi connectivity index (χ2v) is 13.0. The fourth-order valence-corrected chi connectivity index (χ4v) is 7.05. The SMILES string of the molecule is [C-]#[N+]C[C@H]1CN(c2nc(OC[C@@H]3CCCN3C)nc3c(F)c(-c4cccc5c4CC(C)(C)C5)ccc23)CCN1C(=O)C(=C)F. The Hall–Kier alpha value is -4.10. The number of benzene rings is 2. The molecule has 44 heavy (non-hydrogen) atoms. The maximum atomic E-state index is 16.7. The van der Waals surface area contributed by atoms with Crippen LogP contribution in [0.25, 0.3) is 26.9 Å². The van der Waals surface area contributed by atoms with Gasteiger partial charge in [0, 0.05) is 36.6 Å². The zero-order valence-corrected chi connectivity index (χ0v) is 25.6. The number of amides is 1. The van der Waals surface area contributed by atoms with Crippen LogP contribution in [0.15, 0.2) is 42.7 Å². The van der Waals surface area contributed by atoms with Gasteiger partial charge in [-0.1, -0.05) is 44.7 Å². The first-order valence-corrected chi connectivity index (χ1v) is 15.2. The van der Waals surface area contributed by atoms with Crippen molar-refractivity contribution in [2.75, 3.05) is 51.3 Å².